The summed E-state index contributed by atoms with van der Waals surface area (Å²) in [6.45, 7) is -0.453. The smallest absolute Gasteiger partial charge is 0.326 e. The summed E-state index contributed by atoms with van der Waals surface area (Å²) in [6.07, 6.45) is 2.69. The molecular weight excluding hydrogens is 390 g/mol. The van der Waals surface area contributed by atoms with Crippen LogP contribution >= 0.6 is 11.8 Å². The van der Waals surface area contributed by atoms with Gasteiger partial charge in [-0.3, -0.25) is 19.4 Å². The van der Waals surface area contributed by atoms with Crippen LogP contribution in [0.15, 0.2) is 4.99 Å². The van der Waals surface area contributed by atoms with Crippen molar-refractivity contribution >= 4 is 41.4 Å². The Balaban J connectivity index is 4.55. The van der Waals surface area contributed by atoms with Crippen molar-refractivity contribution in [3.63, 3.8) is 0 Å². The van der Waals surface area contributed by atoms with Crippen LogP contribution in [0.4, 0.5) is 0 Å². The monoisotopic (exact) mass is 419 g/mol. The number of carboxylic acid groups (broad SMARTS) is 1. The molecule has 0 aliphatic rings. The molecule has 0 aromatic rings. The summed E-state index contributed by atoms with van der Waals surface area (Å²) in [4.78, 5) is 50.5. The molecule has 0 aliphatic heterocycles. The van der Waals surface area contributed by atoms with E-state index in [2.05, 4.69) is 20.9 Å². The minimum Gasteiger partial charge on any atom is -0.480 e. The molecule has 28 heavy (non-hydrogen) atoms. The highest BCUT2D eigenvalue weighted by Crippen LogP contribution is 2.01. The predicted octanol–water partition coefficient (Wildman–Crippen LogP) is -3.08. The van der Waals surface area contributed by atoms with Gasteiger partial charge in [-0.2, -0.15) is 11.8 Å². The van der Waals surface area contributed by atoms with E-state index in [1.165, 1.54) is 11.8 Å². The van der Waals surface area contributed by atoms with Gasteiger partial charge in [0.2, 0.25) is 17.7 Å². The molecular formula is C15H29N7O5S. The lowest BCUT2D eigenvalue weighted by Crippen LogP contribution is -2.51. The maximum Gasteiger partial charge on any atom is 0.326 e. The van der Waals surface area contributed by atoms with E-state index in [4.69, 9.17) is 17.2 Å². The summed E-state index contributed by atoms with van der Waals surface area (Å²) in [5, 5.41) is 16.4. The van der Waals surface area contributed by atoms with Crippen molar-refractivity contribution in [1.29, 1.82) is 0 Å². The summed E-state index contributed by atoms with van der Waals surface area (Å²) >= 11 is 1.50. The average Bonchev–Trinajstić information content (AvgIpc) is 2.64. The van der Waals surface area contributed by atoms with E-state index in [9.17, 15) is 24.3 Å². The summed E-state index contributed by atoms with van der Waals surface area (Å²) in [7, 11) is 0. The molecule has 0 aliphatic carbocycles. The van der Waals surface area contributed by atoms with E-state index < -0.39 is 42.3 Å². The summed E-state index contributed by atoms with van der Waals surface area (Å²) in [6, 6.07) is -1.96. The number of thioether (sulfide) groups is 1. The number of rotatable bonds is 14. The lowest BCUT2D eigenvalue weighted by molar-refractivity contribution is -0.142. The van der Waals surface area contributed by atoms with E-state index in [1.54, 1.807) is 0 Å². The van der Waals surface area contributed by atoms with Crippen LogP contribution in [0, 0.1) is 0 Å². The van der Waals surface area contributed by atoms with Gasteiger partial charge in [-0.05, 0) is 31.3 Å². The fourth-order valence-electron chi connectivity index (χ4n) is 2.05. The first-order valence-corrected chi connectivity index (χ1v) is 9.94. The third kappa shape index (κ3) is 12.0. The maximum atomic E-state index is 12.2. The zero-order chi connectivity index (χ0) is 21.5. The fraction of sp³-hybridized carbons (Fsp3) is 0.667. The SMILES string of the molecule is CSCCC(NC(=O)CN)C(=O)NCC(=O)NC(CCCN=C(N)N)C(=O)O. The molecule has 2 atom stereocenters. The number of nitrogens with one attached hydrogen (secondary N) is 3. The predicted molar refractivity (Wildman–Crippen MR) is 106 cm³/mol. The second-order valence-electron chi connectivity index (χ2n) is 5.73. The molecule has 160 valence electrons. The summed E-state index contributed by atoms with van der Waals surface area (Å²) in [5.41, 5.74) is 15.6. The number of nitrogens with zero attached hydrogens (tertiary/aromatic N) is 1. The highest BCUT2D eigenvalue weighted by Gasteiger charge is 2.22. The molecule has 3 amide bonds. The quantitative estimate of drug-likeness (QED) is 0.0861. The number of nitrogens with two attached hydrogens (primary N) is 3. The van der Waals surface area contributed by atoms with Crippen LogP contribution in [0.25, 0.3) is 0 Å². The molecule has 0 heterocycles. The van der Waals surface area contributed by atoms with E-state index in [0.717, 1.165) is 0 Å². The topological polar surface area (TPSA) is 215 Å². The molecule has 0 bridgehead atoms. The van der Waals surface area contributed by atoms with Crippen molar-refractivity contribution in [2.24, 2.45) is 22.2 Å². The number of aliphatic imine (C=N–C) groups is 1. The number of carbonyl (C=O) groups is 4. The molecule has 0 saturated heterocycles. The zero-order valence-corrected chi connectivity index (χ0v) is 16.6. The van der Waals surface area contributed by atoms with Crippen LogP contribution in [-0.2, 0) is 19.2 Å². The second-order valence-corrected chi connectivity index (χ2v) is 6.72. The maximum absolute atomic E-state index is 12.2. The lowest BCUT2D eigenvalue weighted by atomic mass is 10.1. The Labute approximate surface area is 167 Å². The third-order valence-corrected chi connectivity index (χ3v) is 4.09. The molecule has 0 rings (SSSR count). The van der Waals surface area contributed by atoms with Gasteiger partial charge in [0.05, 0.1) is 13.1 Å². The Hall–Kier alpha value is -2.54. The van der Waals surface area contributed by atoms with Gasteiger partial charge in [-0.25, -0.2) is 4.79 Å². The first-order chi connectivity index (χ1) is 13.2. The van der Waals surface area contributed by atoms with Crippen LogP contribution in [0.5, 0.6) is 0 Å². The number of aliphatic carboxylic acids is 1. The Kier molecular flexibility index (Phi) is 13.2. The van der Waals surface area contributed by atoms with Crippen molar-refractivity contribution in [1.82, 2.24) is 16.0 Å². The first-order valence-electron chi connectivity index (χ1n) is 8.54. The molecule has 0 radical (unpaired) electrons. The molecule has 0 aromatic carbocycles. The highest BCUT2D eigenvalue weighted by molar-refractivity contribution is 7.98. The Bertz CT molecular complexity index is 569. The van der Waals surface area contributed by atoms with Crippen LogP contribution in [0.3, 0.4) is 0 Å². The molecule has 0 saturated carbocycles. The molecule has 0 fully saturated rings. The molecule has 13 heteroatoms. The number of hydrogen-bond donors (Lipinski definition) is 7. The lowest BCUT2D eigenvalue weighted by Gasteiger charge is -2.18. The van der Waals surface area contributed by atoms with Gasteiger partial charge in [0.1, 0.15) is 12.1 Å². The second kappa shape index (κ2) is 14.5. The number of guanidine groups is 1. The van der Waals surface area contributed by atoms with Crippen LogP contribution in [0.2, 0.25) is 0 Å². The third-order valence-electron chi connectivity index (χ3n) is 3.45. The minimum atomic E-state index is -1.21. The van der Waals surface area contributed by atoms with E-state index in [1.807, 2.05) is 6.26 Å². The molecule has 0 spiro atoms. The van der Waals surface area contributed by atoms with Gasteiger partial charge < -0.3 is 38.3 Å². The Morgan fingerprint density at radius 1 is 1.07 bits per heavy atom. The van der Waals surface area contributed by atoms with Gasteiger partial charge in [0.15, 0.2) is 5.96 Å². The van der Waals surface area contributed by atoms with Crippen LogP contribution in [-0.4, -0.2) is 78.5 Å². The van der Waals surface area contributed by atoms with Crippen molar-refractivity contribution in [2.75, 3.05) is 31.6 Å². The van der Waals surface area contributed by atoms with Crippen molar-refractivity contribution < 1.29 is 24.3 Å². The average molecular weight is 420 g/mol. The Morgan fingerprint density at radius 3 is 2.25 bits per heavy atom. The number of amides is 3. The standard InChI is InChI=1S/C15H29N7O5S/c1-28-6-4-9(21-11(23)7-16)13(25)20-8-12(24)22-10(14(26)27)3-2-5-19-15(17)18/h9-10H,2-8,16H2,1H3,(H,20,25)(H,21,23)(H,22,24)(H,26,27)(H4,17,18,19). The largest absolute Gasteiger partial charge is 0.480 e. The van der Waals surface area contributed by atoms with E-state index >= 15 is 0 Å². The number of carboxylic acids is 1. The minimum absolute atomic E-state index is 0.101. The molecule has 2 unspecified atom stereocenters. The number of carbonyl (C=O) groups excluding carboxylic acids is 3. The summed E-state index contributed by atoms with van der Waals surface area (Å²) < 4.78 is 0. The molecule has 12 nitrogen and oxygen atoms in total. The van der Waals surface area contributed by atoms with Gasteiger partial charge in [-0.15, -0.1) is 0 Å². The molecule has 0 aromatic heterocycles. The number of hydrogen-bond acceptors (Lipinski definition) is 7. The highest BCUT2D eigenvalue weighted by atomic mass is 32.2. The van der Waals surface area contributed by atoms with Gasteiger partial charge in [0.25, 0.3) is 0 Å². The fourth-order valence-corrected chi connectivity index (χ4v) is 2.53. The van der Waals surface area contributed by atoms with Crippen LogP contribution in [0.1, 0.15) is 19.3 Å². The van der Waals surface area contributed by atoms with Crippen molar-refractivity contribution in [3.8, 4) is 0 Å². The Morgan fingerprint density at radius 2 is 1.71 bits per heavy atom. The molecule has 10 N–H and O–H groups in total. The van der Waals surface area contributed by atoms with E-state index in [0.29, 0.717) is 18.6 Å². The van der Waals surface area contributed by atoms with Crippen LogP contribution < -0.4 is 33.2 Å². The van der Waals surface area contributed by atoms with Gasteiger partial charge >= 0.3 is 5.97 Å². The first kappa shape index (κ1) is 25.5. The summed E-state index contributed by atoms with van der Waals surface area (Å²) in [5.74, 6) is -2.40. The van der Waals surface area contributed by atoms with Gasteiger partial charge in [0, 0.05) is 6.54 Å². The zero-order valence-electron chi connectivity index (χ0n) is 15.8. The van der Waals surface area contributed by atoms with Gasteiger partial charge in [-0.1, -0.05) is 0 Å². The van der Waals surface area contributed by atoms with E-state index in [-0.39, 0.29) is 25.5 Å². The van der Waals surface area contributed by atoms with Crippen molar-refractivity contribution in [3.05, 3.63) is 0 Å². The van der Waals surface area contributed by atoms with Crippen molar-refractivity contribution in [2.45, 2.75) is 31.3 Å². The normalized spacial score (nSPS) is 12.4.